The minimum Gasteiger partial charge on any atom is -0.388 e. The zero-order valence-electron chi connectivity index (χ0n) is 7.67. The van der Waals surface area contributed by atoms with Crippen LogP contribution in [0.15, 0.2) is 0 Å². The maximum atomic E-state index is 10.2. The van der Waals surface area contributed by atoms with E-state index in [2.05, 4.69) is 13.0 Å². The number of hydrogen-bond donors (Lipinski definition) is 1. The molecule has 0 radical (unpaired) electrons. The fourth-order valence-corrected chi connectivity index (χ4v) is 2.32. The summed E-state index contributed by atoms with van der Waals surface area (Å²) in [5.41, 5.74) is -1.11. The molecule has 66 valence electrons. The van der Waals surface area contributed by atoms with E-state index >= 15 is 0 Å². The lowest BCUT2D eigenvalue weighted by Gasteiger charge is -2.28. The monoisotopic (exact) mass is 165 g/mol. The summed E-state index contributed by atoms with van der Waals surface area (Å²) in [4.78, 5) is 0. The van der Waals surface area contributed by atoms with Crippen molar-refractivity contribution in [1.82, 2.24) is 0 Å². The van der Waals surface area contributed by atoms with E-state index in [9.17, 15) is 5.11 Å². The van der Waals surface area contributed by atoms with Gasteiger partial charge in [0.05, 0.1) is 17.1 Å². The first-order valence-electron chi connectivity index (χ1n) is 4.67. The maximum Gasteiger partial charge on any atom is 0.0861 e. The highest BCUT2D eigenvalue weighted by atomic mass is 16.3. The number of nitriles is 1. The second-order valence-corrected chi connectivity index (χ2v) is 4.66. The Morgan fingerprint density at radius 1 is 1.58 bits per heavy atom. The van der Waals surface area contributed by atoms with Crippen molar-refractivity contribution in [2.45, 2.75) is 38.7 Å². The summed E-state index contributed by atoms with van der Waals surface area (Å²) in [6, 6.07) is 2.28. The maximum absolute atomic E-state index is 10.2. The molecule has 3 unspecified atom stereocenters. The summed E-state index contributed by atoms with van der Waals surface area (Å²) >= 11 is 0. The van der Waals surface area contributed by atoms with Crippen LogP contribution in [0.4, 0.5) is 0 Å². The zero-order chi connectivity index (χ0) is 8.98. The standard InChI is InChI=1S/C10H15NO/c1-7-5-8(7)9(2,12)10(6-11)3-4-10/h7-8,12H,3-5H2,1-2H3. The fraction of sp³-hybridized carbons (Fsp3) is 0.900. The Morgan fingerprint density at radius 3 is 2.33 bits per heavy atom. The van der Waals surface area contributed by atoms with Crippen LogP contribution in [0, 0.1) is 28.6 Å². The normalized spacial score (nSPS) is 41.2. The van der Waals surface area contributed by atoms with Gasteiger partial charge in [-0.2, -0.15) is 5.26 Å². The van der Waals surface area contributed by atoms with Crippen molar-refractivity contribution in [3.05, 3.63) is 0 Å². The highest BCUT2D eigenvalue weighted by molar-refractivity contribution is 5.23. The fourth-order valence-electron chi connectivity index (χ4n) is 2.32. The lowest BCUT2D eigenvalue weighted by molar-refractivity contribution is -0.0169. The van der Waals surface area contributed by atoms with Crippen LogP contribution < -0.4 is 0 Å². The zero-order valence-corrected chi connectivity index (χ0v) is 7.67. The Balaban J connectivity index is 2.17. The van der Waals surface area contributed by atoms with E-state index in [0.717, 1.165) is 19.3 Å². The molecule has 1 N–H and O–H groups in total. The highest BCUT2D eigenvalue weighted by Crippen LogP contribution is 2.62. The first-order chi connectivity index (χ1) is 5.53. The minimum atomic E-state index is -0.721. The van der Waals surface area contributed by atoms with Crippen LogP contribution >= 0.6 is 0 Å². The molecule has 2 aliphatic carbocycles. The van der Waals surface area contributed by atoms with E-state index < -0.39 is 5.60 Å². The van der Waals surface area contributed by atoms with Crippen molar-refractivity contribution in [3.63, 3.8) is 0 Å². The molecule has 12 heavy (non-hydrogen) atoms. The summed E-state index contributed by atoms with van der Waals surface area (Å²) in [7, 11) is 0. The average Bonchev–Trinajstić information content (AvgIpc) is 2.80. The van der Waals surface area contributed by atoms with Crippen LogP contribution in [0.1, 0.15) is 33.1 Å². The smallest absolute Gasteiger partial charge is 0.0861 e. The van der Waals surface area contributed by atoms with Crippen LogP contribution in [0.3, 0.4) is 0 Å². The van der Waals surface area contributed by atoms with E-state index in [-0.39, 0.29) is 5.41 Å². The third kappa shape index (κ3) is 0.834. The second-order valence-electron chi connectivity index (χ2n) is 4.66. The first kappa shape index (κ1) is 8.07. The Labute approximate surface area is 73.2 Å². The second kappa shape index (κ2) is 2.03. The lowest BCUT2D eigenvalue weighted by atomic mass is 9.82. The summed E-state index contributed by atoms with van der Waals surface area (Å²) in [5.74, 6) is 0.991. The molecule has 3 atom stereocenters. The molecule has 2 nitrogen and oxygen atoms in total. The molecule has 2 aliphatic rings. The summed E-state index contributed by atoms with van der Waals surface area (Å²) in [6.45, 7) is 3.99. The SMILES string of the molecule is CC1CC1C(C)(O)C1(C#N)CC1. The number of rotatable bonds is 2. The Hall–Kier alpha value is -0.550. The summed E-state index contributed by atoms with van der Waals surface area (Å²) < 4.78 is 0. The molecule has 0 aromatic carbocycles. The lowest BCUT2D eigenvalue weighted by Crippen LogP contribution is -2.38. The molecule has 0 spiro atoms. The molecule has 0 aromatic rings. The van der Waals surface area contributed by atoms with Gasteiger partial charge in [-0.25, -0.2) is 0 Å². The quantitative estimate of drug-likeness (QED) is 0.676. The molecule has 0 bridgehead atoms. The predicted molar refractivity (Wildman–Crippen MR) is 45.2 cm³/mol. The molecule has 2 rings (SSSR count). The van der Waals surface area contributed by atoms with Gasteiger partial charge in [0.15, 0.2) is 0 Å². The molecule has 2 saturated carbocycles. The highest BCUT2D eigenvalue weighted by Gasteiger charge is 2.64. The largest absolute Gasteiger partial charge is 0.388 e. The van der Waals surface area contributed by atoms with E-state index in [1.54, 1.807) is 0 Å². The molecule has 0 aromatic heterocycles. The van der Waals surface area contributed by atoms with Gasteiger partial charge in [0.1, 0.15) is 0 Å². The van der Waals surface area contributed by atoms with Crippen molar-refractivity contribution < 1.29 is 5.11 Å². The van der Waals surface area contributed by atoms with Gasteiger partial charge in [-0.15, -0.1) is 0 Å². The molecule has 0 heterocycles. The third-order valence-electron chi connectivity index (χ3n) is 3.76. The van der Waals surface area contributed by atoms with Gasteiger partial charge in [-0.3, -0.25) is 0 Å². The van der Waals surface area contributed by atoms with E-state index in [1.807, 2.05) is 6.92 Å². The predicted octanol–water partition coefficient (Wildman–Crippen LogP) is 1.70. The van der Waals surface area contributed by atoms with Crippen LogP contribution in [0.25, 0.3) is 0 Å². The van der Waals surface area contributed by atoms with Crippen LogP contribution in [0.2, 0.25) is 0 Å². The van der Waals surface area contributed by atoms with Gasteiger partial charge >= 0.3 is 0 Å². The van der Waals surface area contributed by atoms with E-state index in [4.69, 9.17) is 5.26 Å². The van der Waals surface area contributed by atoms with Gasteiger partial charge < -0.3 is 5.11 Å². The molecule has 2 heteroatoms. The first-order valence-corrected chi connectivity index (χ1v) is 4.67. The van der Waals surface area contributed by atoms with Gasteiger partial charge in [-0.05, 0) is 38.0 Å². The molecule has 0 saturated heterocycles. The Bertz CT molecular complexity index is 247. The molecule has 0 aliphatic heterocycles. The number of hydrogen-bond acceptors (Lipinski definition) is 2. The summed E-state index contributed by atoms with van der Waals surface area (Å²) in [6.07, 6.45) is 2.87. The van der Waals surface area contributed by atoms with Gasteiger partial charge in [0, 0.05) is 0 Å². The van der Waals surface area contributed by atoms with Crippen LogP contribution in [-0.2, 0) is 0 Å². The van der Waals surface area contributed by atoms with Gasteiger partial charge in [-0.1, -0.05) is 6.92 Å². The average molecular weight is 165 g/mol. The van der Waals surface area contributed by atoms with E-state index in [0.29, 0.717) is 11.8 Å². The molecule has 2 fully saturated rings. The summed E-state index contributed by atoms with van der Waals surface area (Å²) in [5, 5.41) is 19.1. The molecular formula is C10H15NO. The molecular weight excluding hydrogens is 150 g/mol. The van der Waals surface area contributed by atoms with Gasteiger partial charge in [0.2, 0.25) is 0 Å². The van der Waals surface area contributed by atoms with Crippen molar-refractivity contribution >= 4 is 0 Å². The Morgan fingerprint density at radius 2 is 2.08 bits per heavy atom. The van der Waals surface area contributed by atoms with Crippen LogP contribution in [-0.4, -0.2) is 10.7 Å². The van der Waals surface area contributed by atoms with Gasteiger partial charge in [0.25, 0.3) is 0 Å². The number of nitrogens with zero attached hydrogens (tertiary/aromatic N) is 1. The van der Waals surface area contributed by atoms with Crippen molar-refractivity contribution in [2.75, 3.05) is 0 Å². The van der Waals surface area contributed by atoms with Crippen molar-refractivity contribution in [2.24, 2.45) is 17.3 Å². The van der Waals surface area contributed by atoms with Crippen LogP contribution in [0.5, 0.6) is 0 Å². The third-order valence-corrected chi connectivity index (χ3v) is 3.76. The van der Waals surface area contributed by atoms with E-state index in [1.165, 1.54) is 0 Å². The van der Waals surface area contributed by atoms with Crippen molar-refractivity contribution in [1.29, 1.82) is 5.26 Å². The van der Waals surface area contributed by atoms with Crippen molar-refractivity contribution in [3.8, 4) is 6.07 Å². The topological polar surface area (TPSA) is 44.0 Å². The number of aliphatic hydroxyl groups is 1. The minimum absolute atomic E-state index is 0.375. The molecule has 0 amide bonds. The Kier molecular flexibility index (Phi) is 1.36.